The number of halogens is 1. The minimum Gasteiger partial charge on any atom is -0.448 e. The molecule has 5 nitrogen and oxygen atoms in total. The van der Waals surface area contributed by atoms with Gasteiger partial charge in [0.05, 0.1) is 5.69 Å². The zero-order chi connectivity index (χ0) is 18.0. The van der Waals surface area contributed by atoms with Crippen LogP contribution in [0.3, 0.4) is 0 Å². The smallest absolute Gasteiger partial charge is 0.349 e. The first-order valence-electron chi connectivity index (χ1n) is 8.18. The normalized spacial score (nSPS) is 17.5. The molecule has 0 aliphatic heterocycles. The lowest BCUT2D eigenvalue weighted by Crippen LogP contribution is -2.30. The Morgan fingerprint density at radius 2 is 2.28 bits per heavy atom. The fraction of sp³-hybridized carbons (Fsp3) is 0.389. The monoisotopic (exact) mass is 378 g/mol. The van der Waals surface area contributed by atoms with Crippen LogP contribution in [0.2, 0.25) is 5.15 Å². The van der Waals surface area contributed by atoms with Gasteiger partial charge in [-0.15, -0.1) is 11.3 Å². The van der Waals surface area contributed by atoms with Gasteiger partial charge >= 0.3 is 5.97 Å². The van der Waals surface area contributed by atoms with Gasteiger partial charge in [-0.2, -0.15) is 0 Å². The second-order valence-electron chi connectivity index (χ2n) is 6.29. The Morgan fingerprint density at radius 1 is 1.48 bits per heavy atom. The largest absolute Gasteiger partial charge is 0.448 e. The van der Waals surface area contributed by atoms with Crippen LogP contribution in [0, 0.1) is 5.92 Å². The maximum absolute atomic E-state index is 12.3. The van der Waals surface area contributed by atoms with Gasteiger partial charge < -0.3 is 10.1 Å². The van der Waals surface area contributed by atoms with E-state index >= 15 is 0 Å². The lowest BCUT2D eigenvalue weighted by Gasteiger charge is -2.16. The van der Waals surface area contributed by atoms with E-state index in [9.17, 15) is 9.59 Å². The minimum atomic E-state index is -0.929. The van der Waals surface area contributed by atoms with E-state index < -0.39 is 18.0 Å². The quantitative estimate of drug-likeness (QED) is 0.642. The van der Waals surface area contributed by atoms with Crippen molar-refractivity contribution in [1.29, 1.82) is 0 Å². The average Bonchev–Trinajstić information content (AvgIpc) is 3.00. The maximum atomic E-state index is 12.3. The van der Waals surface area contributed by atoms with Crippen LogP contribution in [0.15, 0.2) is 24.4 Å². The van der Waals surface area contributed by atoms with E-state index in [4.69, 9.17) is 16.3 Å². The Morgan fingerprint density at radius 3 is 3.04 bits per heavy atom. The number of anilines is 1. The van der Waals surface area contributed by atoms with Crippen molar-refractivity contribution in [1.82, 2.24) is 4.98 Å². The molecule has 0 spiro atoms. The summed E-state index contributed by atoms with van der Waals surface area (Å²) in [7, 11) is 0. The number of ether oxygens (including phenoxy) is 1. The molecule has 2 atom stereocenters. The zero-order valence-electron chi connectivity index (χ0n) is 14.0. The number of aryl methyl sites for hydroxylation is 1. The number of amides is 1. The van der Waals surface area contributed by atoms with Crippen LogP contribution in [-0.4, -0.2) is 23.0 Å². The fourth-order valence-electron chi connectivity index (χ4n) is 2.79. The topological polar surface area (TPSA) is 68.3 Å². The molecular weight excluding hydrogens is 360 g/mol. The third-order valence-corrected chi connectivity index (χ3v) is 5.72. The summed E-state index contributed by atoms with van der Waals surface area (Å²) in [5.74, 6) is -0.273. The van der Waals surface area contributed by atoms with Crippen molar-refractivity contribution in [3.63, 3.8) is 0 Å². The Labute approximate surface area is 155 Å². The standard InChI is InChI=1S/C18H19ClN2O3S/c1-10-5-6-14-12(8-10)9-15(25-14)18(23)24-11(2)17(22)21-13-4-3-7-20-16(13)19/h3-4,7,9-11H,5-6,8H2,1-2H3,(H,21,22)/t10-,11+/m0/s1. The zero-order valence-corrected chi connectivity index (χ0v) is 15.6. The molecule has 0 radical (unpaired) electrons. The molecule has 0 fully saturated rings. The molecule has 0 aromatic carbocycles. The Balaban J connectivity index is 1.62. The van der Waals surface area contributed by atoms with Crippen molar-refractivity contribution in [2.45, 2.75) is 39.2 Å². The van der Waals surface area contributed by atoms with Crippen LogP contribution in [0.4, 0.5) is 5.69 Å². The summed E-state index contributed by atoms with van der Waals surface area (Å²) in [4.78, 5) is 30.2. The molecule has 132 valence electrons. The number of carbonyl (C=O) groups is 2. The van der Waals surface area contributed by atoms with Crippen molar-refractivity contribution in [2.24, 2.45) is 5.92 Å². The number of hydrogen-bond donors (Lipinski definition) is 1. The number of pyridine rings is 1. The van der Waals surface area contributed by atoms with E-state index in [1.165, 1.54) is 34.9 Å². The number of hydrogen-bond acceptors (Lipinski definition) is 5. The number of thiophene rings is 1. The number of aromatic nitrogens is 1. The molecule has 0 saturated carbocycles. The summed E-state index contributed by atoms with van der Waals surface area (Å²) >= 11 is 7.38. The molecule has 0 unspecified atom stereocenters. The lowest BCUT2D eigenvalue weighted by atomic mass is 9.90. The molecule has 1 amide bonds. The van der Waals surface area contributed by atoms with Crippen molar-refractivity contribution < 1.29 is 14.3 Å². The summed E-state index contributed by atoms with van der Waals surface area (Å²) in [5.41, 5.74) is 1.62. The number of rotatable bonds is 4. The average molecular weight is 379 g/mol. The Kier molecular flexibility index (Phi) is 5.39. The number of carbonyl (C=O) groups excluding carboxylic acids is 2. The Bertz CT molecular complexity index is 805. The maximum Gasteiger partial charge on any atom is 0.349 e. The fourth-order valence-corrected chi connectivity index (χ4v) is 4.05. The van der Waals surface area contributed by atoms with Crippen LogP contribution >= 0.6 is 22.9 Å². The highest BCUT2D eigenvalue weighted by molar-refractivity contribution is 7.14. The molecule has 0 saturated heterocycles. The summed E-state index contributed by atoms with van der Waals surface area (Å²) in [6.45, 7) is 3.75. The number of nitrogens with zero attached hydrogens (tertiary/aromatic N) is 1. The summed E-state index contributed by atoms with van der Waals surface area (Å²) in [5, 5.41) is 2.80. The molecular formula is C18H19ClN2O3S. The first-order chi connectivity index (χ1) is 11.9. The van der Waals surface area contributed by atoms with E-state index in [-0.39, 0.29) is 5.15 Å². The van der Waals surface area contributed by atoms with Gasteiger partial charge in [0.15, 0.2) is 11.3 Å². The number of fused-ring (bicyclic) bond motifs is 1. The molecule has 2 aromatic rings. The predicted octanol–water partition coefficient (Wildman–Crippen LogP) is 4.11. The second kappa shape index (κ2) is 7.54. The third kappa shape index (κ3) is 4.19. The molecule has 1 N–H and O–H groups in total. The highest BCUT2D eigenvalue weighted by Crippen LogP contribution is 2.32. The van der Waals surface area contributed by atoms with Crippen molar-refractivity contribution in [3.05, 3.63) is 44.9 Å². The lowest BCUT2D eigenvalue weighted by molar-refractivity contribution is -0.123. The van der Waals surface area contributed by atoms with Crippen molar-refractivity contribution in [2.75, 3.05) is 5.32 Å². The number of nitrogens with one attached hydrogen (secondary N) is 1. The summed E-state index contributed by atoms with van der Waals surface area (Å²) < 4.78 is 5.31. The van der Waals surface area contributed by atoms with E-state index in [0.717, 1.165) is 19.3 Å². The molecule has 3 rings (SSSR count). The first kappa shape index (κ1) is 17.9. The summed E-state index contributed by atoms with van der Waals surface area (Å²) in [6.07, 6.45) is 3.74. The van der Waals surface area contributed by atoms with E-state index in [1.807, 2.05) is 6.07 Å². The van der Waals surface area contributed by atoms with Gasteiger partial charge in [0.2, 0.25) is 0 Å². The predicted molar refractivity (Wildman–Crippen MR) is 98.3 cm³/mol. The van der Waals surface area contributed by atoms with Crippen molar-refractivity contribution >= 4 is 40.5 Å². The van der Waals surface area contributed by atoms with Gasteiger partial charge in [-0.3, -0.25) is 4.79 Å². The van der Waals surface area contributed by atoms with Crippen LogP contribution in [-0.2, 0) is 22.4 Å². The minimum absolute atomic E-state index is 0.189. The molecule has 2 aromatic heterocycles. The first-order valence-corrected chi connectivity index (χ1v) is 9.37. The van der Waals surface area contributed by atoms with E-state index in [0.29, 0.717) is 16.5 Å². The molecule has 25 heavy (non-hydrogen) atoms. The summed E-state index contributed by atoms with van der Waals surface area (Å²) in [6, 6.07) is 5.20. The van der Waals surface area contributed by atoms with Crippen LogP contribution in [0.1, 0.15) is 40.4 Å². The van der Waals surface area contributed by atoms with Crippen LogP contribution < -0.4 is 5.32 Å². The van der Waals surface area contributed by atoms with Crippen LogP contribution in [0.25, 0.3) is 0 Å². The van der Waals surface area contributed by atoms with Gasteiger partial charge in [0.1, 0.15) is 4.88 Å². The second-order valence-corrected chi connectivity index (χ2v) is 7.78. The molecule has 2 heterocycles. The molecule has 1 aliphatic carbocycles. The van der Waals surface area contributed by atoms with Gasteiger partial charge in [0.25, 0.3) is 5.91 Å². The SMILES string of the molecule is C[C@H]1CCc2sc(C(=O)O[C@H](C)C(=O)Nc3cccnc3Cl)cc2C1. The van der Waals surface area contributed by atoms with E-state index in [2.05, 4.69) is 17.2 Å². The number of esters is 1. The van der Waals surface area contributed by atoms with Gasteiger partial charge in [-0.05, 0) is 55.9 Å². The van der Waals surface area contributed by atoms with Crippen molar-refractivity contribution in [3.8, 4) is 0 Å². The molecule has 0 bridgehead atoms. The highest BCUT2D eigenvalue weighted by atomic mass is 35.5. The van der Waals surface area contributed by atoms with E-state index in [1.54, 1.807) is 12.1 Å². The van der Waals surface area contributed by atoms with Gasteiger partial charge in [-0.1, -0.05) is 18.5 Å². The highest BCUT2D eigenvalue weighted by Gasteiger charge is 2.24. The van der Waals surface area contributed by atoms with Crippen LogP contribution in [0.5, 0.6) is 0 Å². The molecule has 7 heteroatoms. The van der Waals surface area contributed by atoms with Gasteiger partial charge in [0, 0.05) is 11.1 Å². The Hall–Kier alpha value is -1.92. The van der Waals surface area contributed by atoms with Gasteiger partial charge in [-0.25, -0.2) is 9.78 Å². The third-order valence-electron chi connectivity index (χ3n) is 4.20. The molecule has 1 aliphatic rings.